The highest BCUT2D eigenvalue weighted by molar-refractivity contribution is 5.89. The van der Waals surface area contributed by atoms with Gasteiger partial charge in [-0.3, -0.25) is 4.79 Å². The van der Waals surface area contributed by atoms with Crippen LogP contribution in [0.25, 0.3) is 0 Å². The molecule has 0 aliphatic carbocycles. The number of hydrogen-bond acceptors (Lipinski definition) is 4. The minimum Gasteiger partial charge on any atom is -0.360 e. The van der Waals surface area contributed by atoms with E-state index in [0.717, 1.165) is 0 Å². The van der Waals surface area contributed by atoms with Crippen LogP contribution in [0.3, 0.4) is 0 Å². The summed E-state index contributed by atoms with van der Waals surface area (Å²) in [5.41, 5.74) is 5.44. The zero-order valence-electron chi connectivity index (χ0n) is 9.33. The van der Waals surface area contributed by atoms with Crippen LogP contribution < -0.4 is 11.1 Å². The van der Waals surface area contributed by atoms with Gasteiger partial charge in [0.2, 0.25) is 5.91 Å². The molecule has 0 fully saturated rings. The summed E-state index contributed by atoms with van der Waals surface area (Å²) in [6.07, 6.45) is 1.02. The molecule has 0 saturated heterocycles. The maximum Gasteiger partial charge on any atom is 0.225 e. The molecule has 3 N–H and O–H groups in total. The second-order valence-corrected chi connectivity index (χ2v) is 4.36. The number of rotatable bonds is 4. The third kappa shape index (κ3) is 4.60. The molecule has 1 aromatic rings. The van der Waals surface area contributed by atoms with E-state index in [1.807, 2.05) is 13.8 Å². The molecule has 1 rings (SSSR count). The molecule has 0 bridgehead atoms. The number of carbonyl (C=O) groups is 1. The lowest BCUT2D eigenvalue weighted by molar-refractivity contribution is -0.116. The van der Waals surface area contributed by atoms with E-state index < -0.39 is 0 Å². The first-order valence-electron chi connectivity index (χ1n) is 4.89. The fourth-order valence-corrected chi connectivity index (χ4v) is 1.07. The van der Waals surface area contributed by atoms with E-state index in [-0.39, 0.29) is 11.4 Å². The summed E-state index contributed by atoms with van der Waals surface area (Å²) >= 11 is 0. The summed E-state index contributed by atoms with van der Waals surface area (Å²) in [5.74, 6) is 1.03. The van der Waals surface area contributed by atoms with Gasteiger partial charge in [-0.25, -0.2) is 0 Å². The number of carbonyl (C=O) groups excluding carboxylic acids is 1. The SMILES string of the molecule is Cc1cc(NC(=O)CCC(C)(C)N)no1. The number of nitrogens with one attached hydrogen (secondary N) is 1. The Morgan fingerprint density at radius 3 is 2.80 bits per heavy atom. The van der Waals surface area contributed by atoms with Gasteiger partial charge in [-0.1, -0.05) is 5.16 Å². The smallest absolute Gasteiger partial charge is 0.225 e. The Bertz CT molecular complexity index is 339. The number of nitrogens with two attached hydrogens (primary N) is 1. The van der Waals surface area contributed by atoms with Crippen LogP contribution in [0.5, 0.6) is 0 Å². The number of amides is 1. The van der Waals surface area contributed by atoms with Gasteiger partial charge < -0.3 is 15.6 Å². The standard InChI is InChI=1S/C10H17N3O2/c1-7-6-8(13-15-7)12-9(14)4-5-10(2,3)11/h6H,4-5,11H2,1-3H3,(H,12,13,14). The summed E-state index contributed by atoms with van der Waals surface area (Å²) in [6, 6.07) is 1.67. The van der Waals surface area contributed by atoms with Crippen LogP contribution in [0.2, 0.25) is 0 Å². The van der Waals surface area contributed by atoms with Gasteiger partial charge in [0.05, 0.1) is 0 Å². The topological polar surface area (TPSA) is 81.2 Å². The van der Waals surface area contributed by atoms with Crippen LogP contribution >= 0.6 is 0 Å². The van der Waals surface area contributed by atoms with Crippen LogP contribution in [0.4, 0.5) is 5.82 Å². The Balaban J connectivity index is 2.37. The molecule has 0 aliphatic heterocycles. The minimum atomic E-state index is -0.322. The van der Waals surface area contributed by atoms with Gasteiger partial charge in [0.15, 0.2) is 5.82 Å². The molecule has 0 aromatic carbocycles. The lowest BCUT2D eigenvalue weighted by Gasteiger charge is -2.17. The Hall–Kier alpha value is -1.36. The summed E-state index contributed by atoms with van der Waals surface area (Å²) in [7, 11) is 0. The van der Waals surface area contributed by atoms with Crippen LogP contribution in [-0.2, 0) is 4.79 Å². The highest BCUT2D eigenvalue weighted by Gasteiger charge is 2.13. The second-order valence-electron chi connectivity index (χ2n) is 4.36. The molecule has 0 aliphatic rings. The predicted molar refractivity (Wildman–Crippen MR) is 57.4 cm³/mol. The number of hydrogen-bond donors (Lipinski definition) is 2. The van der Waals surface area contributed by atoms with Gasteiger partial charge in [0, 0.05) is 18.0 Å². The van der Waals surface area contributed by atoms with Crippen molar-refractivity contribution in [2.75, 3.05) is 5.32 Å². The van der Waals surface area contributed by atoms with Crippen molar-refractivity contribution in [1.29, 1.82) is 0 Å². The van der Waals surface area contributed by atoms with E-state index in [2.05, 4.69) is 10.5 Å². The van der Waals surface area contributed by atoms with Crippen molar-refractivity contribution in [3.8, 4) is 0 Å². The zero-order valence-corrected chi connectivity index (χ0v) is 9.33. The Morgan fingerprint density at radius 2 is 2.33 bits per heavy atom. The van der Waals surface area contributed by atoms with Gasteiger partial charge >= 0.3 is 0 Å². The molecule has 5 nitrogen and oxygen atoms in total. The molecule has 84 valence electrons. The van der Waals surface area contributed by atoms with E-state index in [0.29, 0.717) is 24.4 Å². The first-order chi connectivity index (χ1) is 6.87. The molecule has 1 heterocycles. The monoisotopic (exact) mass is 211 g/mol. The lowest BCUT2D eigenvalue weighted by Crippen LogP contribution is -2.33. The molecule has 5 heteroatoms. The van der Waals surface area contributed by atoms with E-state index in [9.17, 15) is 4.79 Å². The number of nitrogens with zero attached hydrogens (tertiary/aromatic N) is 1. The molecule has 15 heavy (non-hydrogen) atoms. The van der Waals surface area contributed by atoms with Gasteiger partial charge in [-0.2, -0.15) is 0 Å². The van der Waals surface area contributed by atoms with Crippen molar-refractivity contribution in [2.45, 2.75) is 39.2 Å². The van der Waals surface area contributed by atoms with Crippen molar-refractivity contribution < 1.29 is 9.32 Å². The number of aryl methyl sites for hydroxylation is 1. The maximum absolute atomic E-state index is 11.4. The first-order valence-corrected chi connectivity index (χ1v) is 4.89. The minimum absolute atomic E-state index is 0.0955. The summed E-state index contributed by atoms with van der Waals surface area (Å²) in [6.45, 7) is 5.55. The summed E-state index contributed by atoms with van der Waals surface area (Å²) in [4.78, 5) is 11.4. The number of aromatic nitrogens is 1. The van der Waals surface area contributed by atoms with Gasteiger partial charge in [0.25, 0.3) is 0 Å². The fourth-order valence-electron chi connectivity index (χ4n) is 1.07. The fraction of sp³-hybridized carbons (Fsp3) is 0.600. The molecular weight excluding hydrogens is 194 g/mol. The predicted octanol–water partition coefficient (Wildman–Crippen LogP) is 1.44. The average Bonchev–Trinajstić information content (AvgIpc) is 2.47. The lowest BCUT2D eigenvalue weighted by atomic mass is 10.00. The van der Waals surface area contributed by atoms with Crippen molar-refractivity contribution in [3.63, 3.8) is 0 Å². The molecule has 1 amide bonds. The van der Waals surface area contributed by atoms with E-state index in [4.69, 9.17) is 10.3 Å². The Morgan fingerprint density at radius 1 is 1.67 bits per heavy atom. The average molecular weight is 211 g/mol. The first kappa shape index (κ1) is 11.7. The quantitative estimate of drug-likeness (QED) is 0.789. The highest BCUT2D eigenvalue weighted by Crippen LogP contribution is 2.10. The van der Waals surface area contributed by atoms with Crippen molar-refractivity contribution in [2.24, 2.45) is 5.73 Å². The molecule has 0 radical (unpaired) electrons. The summed E-state index contributed by atoms with van der Waals surface area (Å²) in [5, 5.41) is 6.30. The Kier molecular flexibility index (Phi) is 3.47. The zero-order chi connectivity index (χ0) is 11.5. The third-order valence-electron chi connectivity index (χ3n) is 1.89. The largest absolute Gasteiger partial charge is 0.360 e. The second kappa shape index (κ2) is 4.44. The third-order valence-corrected chi connectivity index (χ3v) is 1.89. The van der Waals surface area contributed by atoms with Gasteiger partial charge in [-0.15, -0.1) is 0 Å². The van der Waals surface area contributed by atoms with Gasteiger partial charge in [0.1, 0.15) is 5.76 Å². The van der Waals surface area contributed by atoms with E-state index >= 15 is 0 Å². The summed E-state index contributed by atoms with van der Waals surface area (Å²) < 4.78 is 4.82. The van der Waals surface area contributed by atoms with E-state index in [1.165, 1.54) is 0 Å². The normalized spacial score (nSPS) is 11.5. The van der Waals surface area contributed by atoms with Crippen molar-refractivity contribution in [1.82, 2.24) is 5.16 Å². The van der Waals surface area contributed by atoms with E-state index in [1.54, 1.807) is 13.0 Å². The Labute approximate surface area is 89.0 Å². The van der Waals surface area contributed by atoms with Crippen molar-refractivity contribution >= 4 is 11.7 Å². The van der Waals surface area contributed by atoms with Crippen LogP contribution in [0, 0.1) is 6.92 Å². The van der Waals surface area contributed by atoms with Crippen LogP contribution in [0.15, 0.2) is 10.6 Å². The molecular formula is C10H17N3O2. The molecule has 0 unspecified atom stereocenters. The van der Waals surface area contributed by atoms with Crippen LogP contribution in [0.1, 0.15) is 32.4 Å². The maximum atomic E-state index is 11.4. The molecule has 0 spiro atoms. The van der Waals surface area contributed by atoms with Gasteiger partial charge in [-0.05, 0) is 27.2 Å². The number of anilines is 1. The molecule has 1 aromatic heterocycles. The van der Waals surface area contributed by atoms with Crippen LogP contribution in [-0.4, -0.2) is 16.6 Å². The molecule has 0 saturated carbocycles. The molecule has 0 atom stereocenters. The van der Waals surface area contributed by atoms with Crippen molar-refractivity contribution in [3.05, 3.63) is 11.8 Å². The highest BCUT2D eigenvalue weighted by atomic mass is 16.5.